The summed E-state index contributed by atoms with van der Waals surface area (Å²) in [6.45, 7) is 4.38. The quantitative estimate of drug-likeness (QED) is 0.376. The van der Waals surface area contributed by atoms with E-state index in [2.05, 4.69) is 28.9 Å². The van der Waals surface area contributed by atoms with Gasteiger partial charge in [-0.1, -0.05) is 13.8 Å². The topological polar surface area (TPSA) is 91.1 Å². The first-order valence-corrected chi connectivity index (χ1v) is 12.9. The van der Waals surface area contributed by atoms with Crippen molar-refractivity contribution in [3.05, 3.63) is 76.6 Å². The summed E-state index contributed by atoms with van der Waals surface area (Å²) in [5.74, 6) is -0.345. The van der Waals surface area contributed by atoms with Gasteiger partial charge in [0.2, 0.25) is 0 Å². The Morgan fingerprint density at radius 1 is 1.06 bits per heavy atom. The van der Waals surface area contributed by atoms with Crippen LogP contribution in [0, 0.1) is 0 Å². The molecule has 1 aliphatic carbocycles. The summed E-state index contributed by atoms with van der Waals surface area (Å²) < 4.78 is 66.6. The van der Waals surface area contributed by atoms with Gasteiger partial charge >= 0.3 is 6.18 Å². The number of aromatic amines is 1. The van der Waals surface area contributed by atoms with Gasteiger partial charge in [0.1, 0.15) is 0 Å². The zero-order valence-corrected chi connectivity index (χ0v) is 20.4. The summed E-state index contributed by atoms with van der Waals surface area (Å²) in [5, 5.41) is 2.75. The maximum absolute atomic E-state index is 13.0. The molecule has 5 rings (SSSR count). The van der Waals surface area contributed by atoms with Crippen molar-refractivity contribution in [1.82, 2.24) is 4.98 Å². The fraction of sp³-hybridized carbons (Fsp3) is 0.269. The van der Waals surface area contributed by atoms with Crippen molar-refractivity contribution in [3.8, 4) is 0 Å². The Bertz CT molecular complexity index is 1500. The van der Waals surface area contributed by atoms with Crippen LogP contribution in [0.5, 0.6) is 0 Å². The van der Waals surface area contributed by atoms with E-state index in [0.29, 0.717) is 16.8 Å². The highest BCUT2D eigenvalue weighted by molar-refractivity contribution is 7.92. The van der Waals surface area contributed by atoms with E-state index in [1.807, 2.05) is 6.07 Å². The molecule has 1 amide bonds. The largest absolute Gasteiger partial charge is 0.416 e. The number of fused-ring (bicyclic) bond motifs is 2. The van der Waals surface area contributed by atoms with E-state index in [4.69, 9.17) is 0 Å². The van der Waals surface area contributed by atoms with Gasteiger partial charge in [-0.05, 0) is 84.8 Å². The third-order valence-corrected chi connectivity index (χ3v) is 8.11. The minimum Gasteiger partial charge on any atom is -0.359 e. The van der Waals surface area contributed by atoms with Crippen LogP contribution in [0.2, 0.25) is 0 Å². The average molecular weight is 516 g/mol. The highest BCUT2D eigenvalue weighted by Crippen LogP contribution is 2.39. The van der Waals surface area contributed by atoms with Crippen molar-refractivity contribution >= 4 is 39.0 Å². The maximum atomic E-state index is 13.0. The molecule has 0 unspecified atom stereocenters. The lowest BCUT2D eigenvalue weighted by Gasteiger charge is -2.29. The number of H-pyrrole nitrogens is 1. The molecule has 0 bridgehead atoms. The molecule has 1 aromatic heterocycles. The smallest absolute Gasteiger partial charge is 0.359 e. The number of benzene rings is 2. The van der Waals surface area contributed by atoms with Gasteiger partial charge in [-0.15, -0.1) is 0 Å². The molecule has 2 heterocycles. The molecule has 0 spiro atoms. The normalized spacial score (nSPS) is 18.0. The third-order valence-electron chi connectivity index (χ3n) is 6.73. The number of aromatic nitrogens is 1. The predicted octanol–water partition coefficient (Wildman–Crippen LogP) is 5.94. The lowest BCUT2D eigenvalue weighted by Crippen LogP contribution is -2.22. The first kappa shape index (κ1) is 24.2. The number of halogens is 3. The number of carbonyl (C=O) groups excluding carboxylic acids is 1. The number of hydrogen-bond acceptors (Lipinski definition) is 3. The molecule has 0 radical (unpaired) electrons. The number of rotatable bonds is 4. The Hall–Kier alpha value is -3.53. The van der Waals surface area contributed by atoms with E-state index in [1.54, 1.807) is 6.08 Å². The van der Waals surface area contributed by atoms with E-state index in [-0.39, 0.29) is 21.9 Å². The van der Waals surface area contributed by atoms with Crippen molar-refractivity contribution in [1.29, 1.82) is 0 Å². The van der Waals surface area contributed by atoms with Crippen LogP contribution in [0.4, 0.5) is 24.5 Å². The van der Waals surface area contributed by atoms with Gasteiger partial charge < -0.3 is 10.3 Å². The lowest BCUT2D eigenvalue weighted by molar-refractivity contribution is -0.137. The molecule has 10 heteroatoms. The van der Waals surface area contributed by atoms with Crippen LogP contribution in [0.15, 0.2) is 53.4 Å². The Kier molecular flexibility index (Phi) is 5.55. The van der Waals surface area contributed by atoms with Gasteiger partial charge in [-0.3, -0.25) is 9.52 Å². The Morgan fingerprint density at radius 2 is 1.78 bits per heavy atom. The summed E-state index contributed by atoms with van der Waals surface area (Å²) in [5.41, 5.74) is 3.52. The SMILES string of the molecule is CC1(C)CCCc2[nH]c(C=C3C(=O)Nc4ccc(S(=O)(=O)Nc5ccc(C(F)(F)F)cc5)cc43)cc21. The fourth-order valence-electron chi connectivity index (χ4n) is 4.82. The van der Waals surface area contributed by atoms with E-state index < -0.39 is 21.8 Å². The lowest BCUT2D eigenvalue weighted by atomic mass is 9.75. The molecular weight excluding hydrogens is 491 g/mol. The molecule has 36 heavy (non-hydrogen) atoms. The molecule has 3 aromatic rings. The number of aryl methyl sites for hydroxylation is 1. The van der Waals surface area contributed by atoms with Gasteiger partial charge in [-0.25, -0.2) is 8.42 Å². The summed E-state index contributed by atoms with van der Waals surface area (Å²) in [7, 11) is -4.12. The molecule has 2 aromatic carbocycles. The van der Waals surface area contributed by atoms with Gasteiger partial charge in [0, 0.05) is 28.3 Å². The summed E-state index contributed by atoms with van der Waals surface area (Å²) in [6, 6.07) is 9.99. The van der Waals surface area contributed by atoms with Crippen molar-refractivity contribution < 1.29 is 26.4 Å². The van der Waals surface area contributed by atoms with Crippen LogP contribution in [-0.4, -0.2) is 19.3 Å². The molecule has 0 saturated heterocycles. The van der Waals surface area contributed by atoms with Crippen LogP contribution in [0.25, 0.3) is 11.6 Å². The second kappa shape index (κ2) is 8.26. The van der Waals surface area contributed by atoms with Crippen molar-refractivity contribution in [3.63, 3.8) is 0 Å². The molecule has 0 atom stereocenters. The third kappa shape index (κ3) is 4.41. The molecule has 0 fully saturated rings. The predicted molar refractivity (Wildman–Crippen MR) is 132 cm³/mol. The molecule has 3 N–H and O–H groups in total. The maximum Gasteiger partial charge on any atom is 0.416 e. The van der Waals surface area contributed by atoms with Gasteiger partial charge in [0.15, 0.2) is 0 Å². The number of nitrogens with one attached hydrogen (secondary N) is 3. The van der Waals surface area contributed by atoms with E-state index >= 15 is 0 Å². The first-order valence-electron chi connectivity index (χ1n) is 11.4. The van der Waals surface area contributed by atoms with Crippen LogP contribution in [-0.2, 0) is 32.8 Å². The Labute approximate surface area is 206 Å². The summed E-state index contributed by atoms with van der Waals surface area (Å²) in [6.07, 6.45) is 0.281. The van der Waals surface area contributed by atoms with Crippen LogP contribution in [0.3, 0.4) is 0 Å². The second-order valence-electron chi connectivity index (χ2n) is 9.75. The van der Waals surface area contributed by atoms with Gasteiger partial charge in [0.05, 0.1) is 16.0 Å². The number of anilines is 2. The van der Waals surface area contributed by atoms with Crippen molar-refractivity contribution in [2.24, 2.45) is 0 Å². The second-order valence-corrected chi connectivity index (χ2v) is 11.4. The highest BCUT2D eigenvalue weighted by Gasteiger charge is 2.32. The van der Waals surface area contributed by atoms with Crippen LogP contribution < -0.4 is 10.0 Å². The van der Waals surface area contributed by atoms with Crippen LogP contribution >= 0.6 is 0 Å². The average Bonchev–Trinajstić information content (AvgIpc) is 3.34. The number of sulfonamides is 1. The molecule has 2 aliphatic rings. The molecule has 1 aliphatic heterocycles. The zero-order chi connectivity index (χ0) is 25.9. The fourth-order valence-corrected chi connectivity index (χ4v) is 5.90. The highest BCUT2D eigenvalue weighted by atomic mass is 32.2. The van der Waals surface area contributed by atoms with E-state index in [0.717, 1.165) is 54.9 Å². The number of carbonyl (C=O) groups is 1. The minimum atomic E-state index is -4.52. The number of hydrogen-bond donors (Lipinski definition) is 3. The van der Waals surface area contributed by atoms with Crippen molar-refractivity contribution in [2.75, 3.05) is 10.0 Å². The minimum absolute atomic E-state index is 0.00644. The molecule has 6 nitrogen and oxygen atoms in total. The monoisotopic (exact) mass is 515 g/mol. The standard InChI is InChI=1S/C26H24F3N3O3S/c1-25(2)11-3-4-23-21(25)13-17(30-23)12-20-19-14-18(9-10-22(19)31-24(20)33)36(34,35)32-16-7-5-15(6-8-16)26(27,28)29/h5-10,12-14,30,32H,3-4,11H2,1-2H3,(H,31,33). The van der Waals surface area contributed by atoms with E-state index in [1.165, 1.54) is 23.8 Å². The van der Waals surface area contributed by atoms with Gasteiger partial charge in [0.25, 0.3) is 15.9 Å². The molecule has 188 valence electrons. The van der Waals surface area contributed by atoms with Crippen molar-refractivity contribution in [2.45, 2.75) is 49.6 Å². The molecular formula is C26H24F3N3O3S. The van der Waals surface area contributed by atoms with Crippen LogP contribution in [0.1, 0.15) is 54.8 Å². The zero-order valence-electron chi connectivity index (χ0n) is 19.6. The number of amides is 1. The van der Waals surface area contributed by atoms with Gasteiger partial charge in [-0.2, -0.15) is 13.2 Å². The summed E-state index contributed by atoms with van der Waals surface area (Å²) >= 11 is 0. The Morgan fingerprint density at radius 3 is 2.44 bits per heavy atom. The van der Waals surface area contributed by atoms with E-state index in [9.17, 15) is 26.4 Å². The Balaban J connectivity index is 1.46. The molecule has 0 saturated carbocycles. The number of alkyl halides is 3. The first-order chi connectivity index (χ1) is 16.8. The summed E-state index contributed by atoms with van der Waals surface area (Å²) in [4.78, 5) is 16.0.